The highest BCUT2D eigenvalue weighted by atomic mass is 35.5. The minimum atomic E-state index is -4.10. The molecule has 2 amide bonds. The number of hydrogen-bond acceptors (Lipinski definition) is 5. The van der Waals surface area contributed by atoms with Crippen LogP contribution in [0.5, 0.6) is 0 Å². The molecule has 0 aliphatic carbocycles. The Hall–Kier alpha value is -3.40. The summed E-state index contributed by atoms with van der Waals surface area (Å²) in [5.74, 6) is -0.889. The second-order valence-corrected chi connectivity index (χ2v) is 10.1. The van der Waals surface area contributed by atoms with E-state index in [1.165, 1.54) is 37.3 Å². The number of nitrogens with zero attached hydrogens (tertiary/aromatic N) is 2. The predicted molar refractivity (Wildman–Crippen MR) is 139 cm³/mol. The minimum Gasteiger partial charge on any atom is -0.326 e. The SMILES string of the molecule is CC(=O)Nc1cccc(/C(C)=N\NC(=O)CN(c2ccc(Cl)c(Cl)c2)S(=O)(=O)c2ccccc2)c1. The zero-order valence-corrected chi connectivity index (χ0v) is 21.2. The van der Waals surface area contributed by atoms with Gasteiger partial charge in [-0.05, 0) is 55.0 Å². The molecule has 0 spiro atoms. The average molecular weight is 533 g/mol. The third-order valence-electron chi connectivity index (χ3n) is 4.76. The molecular weight excluding hydrogens is 511 g/mol. The Morgan fingerprint density at radius 2 is 1.63 bits per heavy atom. The molecular formula is C24H22Cl2N4O4S. The van der Waals surface area contributed by atoms with Crippen molar-refractivity contribution in [3.8, 4) is 0 Å². The number of rotatable bonds is 8. The maximum absolute atomic E-state index is 13.3. The van der Waals surface area contributed by atoms with Gasteiger partial charge in [-0.1, -0.05) is 53.5 Å². The van der Waals surface area contributed by atoms with E-state index in [1.54, 1.807) is 49.4 Å². The van der Waals surface area contributed by atoms with Crippen LogP contribution in [-0.2, 0) is 19.6 Å². The topological polar surface area (TPSA) is 108 Å². The molecule has 0 atom stereocenters. The highest BCUT2D eigenvalue weighted by molar-refractivity contribution is 7.92. The summed E-state index contributed by atoms with van der Waals surface area (Å²) >= 11 is 12.1. The lowest BCUT2D eigenvalue weighted by molar-refractivity contribution is -0.119. The number of sulfonamides is 1. The summed E-state index contributed by atoms with van der Waals surface area (Å²) in [6, 6.07) is 18.9. The van der Waals surface area contributed by atoms with Crippen molar-refractivity contribution in [2.24, 2.45) is 5.10 Å². The number of amides is 2. The van der Waals surface area contributed by atoms with Crippen LogP contribution in [0.2, 0.25) is 10.0 Å². The molecule has 0 aliphatic rings. The van der Waals surface area contributed by atoms with Crippen LogP contribution in [0.3, 0.4) is 0 Å². The first-order chi connectivity index (χ1) is 16.6. The van der Waals surface area contributed by atoms with Gasteiger partial charge in [0.1, 0.15) is 6.54 Å². The third kappa shape index (κ3) is 6.82. The average Bonchev–Trinajstić information content (AvgIpc) is 2.83. The number of hydrazone groups is 1. The number of halogens is 2. The van der Waals surface area contributed by atoms with Crippen molar-refractivity contribution >= 4 is 62.1 Å². The van der Waals surface area contributed by atoms with Crippen molar-refractivity contribution in [2.75, 3.05) is 16.2 Å². The van der Waals surface area contributed by atoms with Gasteiger partial charge in [0, 0.05) is 12.6 Å². The molecule has 35 heavy (non-hydrogen) atoms. The molecule has 0 aliphatic heterocycles. The van der Waals surface area contributed by atoms with Gasteiger partial charge in [0.25, 0.3) is 15.9 Å². The molecule has 0 aromatic heterocycles. The van der Waals surface area contributed by atoms with Gasteiger partial charge in [0.05, 0.1) is 26.3 Å². The zero-order valence-electron chi connectivity index (χ0n) is 18.8. The van der Waals surface area contributed by atoms with E-state index >= 15 is 0 Å². The summed E-state index contributed by atoms with van der Waals surface area (Å²) < 4.78 is 27.6. The van der Waals surface area contributed by atoms with E-state index in [9.17, 15) is 18.0 Å². The van der Waals surface area contributed by atoms with Crippen LogP contribution in [0.4, 0.5) is 11.4 Å². The number of carbonyl (C=O) groups excluding carboxylic acids is 2. The number of anilines is 2. The van der Waals surface area contributed by atoms with Crippen molar-refractivity contribution < 1.29 is 18.0 Å². The van der Waals surface area contributed by atoms with E-state index in [0.29, 0.717) is 17.0 Å². The molecule has 8 nitrogen and oxygen atoms in total. The summed E-state index contributed by atoms with van der Waals surface area (Å²) in [7, 11) is -4.10. The Labute approximate surface area is 213 Å². The molecule has 0 radical (unpaired) electrons. The number of benzene rings is 3. The molecule has 0 fully saturated rings. The molecule has 2 N–H and O–H groups in total. The second-order valence-electron chi connectivity index (χ2n) is 7.42. The van der Waals surface area contributed by atoms with Crippen LogP contribution in [0.15, 0.2) is 82.8 Å². The van der Waals surface area contributed by atoms with Crippen LogP contribution in [0, 0.1) is 0 Å². The van der Waals surface area contributed by atoms with Crippen molar-refractivity contribution in [3.05, 3.63) is 88.4 Å². The number of hydrogen-bond donors (Lipinski definition) is 2. The zero-order chi connectivity index (χ0) is 25.6. The molecule has 0 bridgehead atoms. The van der Waals surface area contributed by atoms with Crippen molar-refractivity contribution in [1.82, 2.24) is 5.43 Å². The van der Waals surface area contributed by atoms with Crippen molar-refractivity contribution in [3.63, 3.8) is 0 Å². The lowest BCUT2D eigenvalue weighted by Gasteiger charge is -2.24. The Bertz CT molecular complexity index is 1380. The van der Waals surface area contributed by atoms with Crippen molar-refractivity contribution in [1.29, 1.82) is 0 Å². The molecule has 11 heteroatoms. The van der Waals surface area contributed by atoms with E-state index in [2.05, 4.69) is 15.8 Å². The fraction of sp³-hybridized carbons (Fsp3) is 0.125. The van der Waals surface area contributed by atoms with Gasteiger partial charge in [-0.25, -0.2) is 13.8 Å². The van der Waals surface area contributed by atoms with Crippen LogP contribution in [0.1, 0.15) is 19.4 Å². The standard InChI is InChI=1S/C24H22Cl2N4O4S/c1-16(18-7-6-8-19(13-18)27-17(2)31)28-29-24(32)15-30(20-11-12-22(25)23(26)14-20)35(33,34)21-9-4-3-5-10-21/h3-14H,15H2,1-2H3,(H,27,31)(H,29,32)/b28-16-. The Morgan fingerprint density at radius 3 is 2.29 bits per heavy atom. The molecule has 0 saturated carbocycles. The van der Waals surface area contributed by atoms with Gasteiger partial charge < -0.3 is 5.32 Å². The fourth-order valence-corrected chi connectivity index (χ4v) is 4.80. The van der Waals surface area contributed by atoms with Gasteiger partial charge in [-0.15, -0.1) is 0 Å². The van der Waals surface area contributed by atoms with Crippen LogP contribution >= 0.6 is 23.2 Å². The Morgan fingerprint density at radius 1 is 0.914 bits per heavy atom. The second kappa shape index (κ2) is 11.4. The normalized spacial score (nSPS) is 11.6. The molecule has 3 rings (SSSR count). The molecule has 3 aromatic rings. The van der Waals surface area contributed by atoms with E-state index in [-0.39, 0.29) is 26.5 Å². The predicted octanol–water partition coefficient (Wildman–Crippen LogP) is 4.69. The highest BCUT2D eigenvalue weighted by Gasteiger charge is 2.27. The Kier molecular flexibility index (Phi) is 8.50. The summed E-state index contributed by atoms with van der Waals surface area (Å²) in [5.41, 5.74) is 4.25. The quantitative estimate of drug-likeness (QED) is 0.324. The molecule has 182 valence electrons. The van der Waals surface area contributed by atoms with Gasteiger partial charge in [-0.2, -0.15) is 5.10 Å². The highest BCUT2D eigenvalue weighted by Crippen LogP contribution is 2.30. The smallest absolute Gasteiger partial charge is 0.264 e. The minimum absolute atomic E-state index is 0.00772. The first kappa shape index (κ1) is 26.2. The summed E-state index contributed by atoms with van der Waals surface area (Å²) in [5, 5.41) is 7.15. The van der Waals surface area contributed by atoms with Crippen LogP contribution in [-0.4, -0.2) is 32.5 Å². The Balaban J connectivity index is 1.85. The molecule has 3 aromatic carbocycles. The van der Waals surface area contributed by atoms with E-state index in [4.69, 9.17) is 23.2 Å². The van der Waals surface area contributed by atoms with Crippen molar-refractivity contribution in [2.45, 2.75) is 18.7 Å². The monoisotopic (exact) mass is 532 g/mol. The number of carbonyl (C=O) groups is 2. The maximum Gasteiger partial charge on any atom is 0.264 e. The van der Waals surface area contributed by atoms with Gasteiger partial charge in [-0.3, -0.25) is 13.9 Å². The van der Waals surface area contributed by atoms with Gasteiger partial charge in [0.2, 0.25) is 5.91 Å². The van der Waals surface area contributed by atoms with E-state index < -0.39 is 22.5 Å². The van der Waals surface area contributed by atoms with E-state index in [0.717, 1.165) is 4.31 Å². The first-order valence-electron chi connectivity index (χ1n) is 10.3. The lowest BCUT2D eigenvalue weighted by atomic mass is 10.1. The fourth-order valence-electron chi connectivity index (χ4n) is 3.08. The molecule has 0 saturated heterocycles. The largest absolute Gasteiger partial charge is 0.326 e. The van der Waals surface area contributed by atoms with Crippen LogP contribution < -0.4 is 15.0 Å². The van der Waals surface area contributed by atoms with E-state index in [1.807, 2.05) is 0 Å². The third-order valence-corrected chi connectivity index (χ3v) is 7.29. The summed E-state index contributed by atoms with van der Waals surface area (Å²) in [4.78, 5) is 24.1. The molecule has 0 unspecified atom stereocenters. The van der Waals surface area contributed by atoms with Crippen LogP contribution in [0.25, 0.3) is 0 Å². The summed E-state index contributed by atoms with van der Waals surface area (Å²) in [6.07, 6.45) is 0. The summed E-state index contributed by atoms with van der Waals surface area (Å²) in [6.45, 7) is 2.51. The molecule has 0 heterocycles. The lowest BCUT2D eigenvalue weighted by Crippen LogP contribution is -2.39. The van der Waals surface area contributed by atoms with Gasteiger partial charge >= 0.3 is 0 Å². The first-order valence-corrected chi connectivity index (χ1v) is 12.5. The number of nitrogens with one attached hydrogen (secondary N) is 2. The van der Waals surface area contributed by atoms with Gasteiger partial charge in [0.15, 0.2) is 0 Å². The maximum atomic E-state index is 13.3.